The zero-order valence-electron chi connectivity index (χ0n) is 6.93. The average molecular weight is 211 g/mol. The highest BCUT2D eigenvalue weighted by Crippen LogP contribution is 2.24. The maximum absolute atomic E-state index is 5.94. The van der Waals surface area contributed by atoms with Crippen molar-refractivity contribution in [2.45, 2.75) is 5.88 Å². The van der Waals surface area contributed by atoms with Gasteiger partial charge >= 0.3 is 0 Å². The molecule has 13 heavy (non-hydrogen) atoms. The van der Waals surface area contributed by atoms with Gasteiger partial charge in [-0.05, 0) is 28.5 Å². The lowest BCUT2D eigenvalue weighted by Gasteiger charge is -2.03. The largest absolute Gasteiger partial charge is 0.122 e. The molecule has 0 aliphatic rings. The van der Waals surface area contributed by atoms with Gasteiger partial charge in [-0.1, -0.05) is 35.9 Å². The van der Waals surface area contributed by atoms with Crippen LogP contribution in [0.4, 0.5) is 0 Å². The molecule has 0 aromatic heterocycles. The van der Waals surface area contributed by atoms with Gasteiger partial charge in [0, 0.05) is 10.9 Å². The van der Waals surface area contributed by atoms with Gasteiger partial charge in [-0.25, -0.2) is 0 Å². The number of rotatable bonds is 1. The summed E-state index contributed by atoms with van der Waals surface area (Å²) in [5.41, 5.74) is 1.09. The van der Waals surface area contributed by atoms with Crippen molar-refractivity contribution in [2.75, 3.05) is 0 Å². The van der Waals surface area contributed by atoms with Crippen molar-refractivity contribution in [1.29, 1.82) is 0 Å². The maximum Gasteiger partial charge on any atom is 0.0480 e. The van der Waals surface area contributed by atoms with Crippen LogP contribution >= 0.6 is 23.2 Å². The predicted molar refractivity (Wildman–Crippen MR) is 58.5 cm³/mol. The lowest BCUT2D eigenvalue weighted by atomic mass is 10.1. The first-order valence-corrected chi connectivity index (χ1v) is 4.95. The van der Waals surface area contributed by atoms with E-state index >= 15 is 0 Å². The van der Waals surface area contributed by atoms with Gasteiger partial charge in [0.2, 0.25) is 0 Å². The molecule has 2 rings (SSSR count). The molecule has 2 aromatic carbocycles. The van der Waals surface area contributed by atoms with Gasteiger partial charge in [0.05, 0.1) is 0 Å². The predicted octanol–water partition coefficient (Wildman–Crippen LogP) is 4.23. The summed E-state index contributed by atoms with van der Waals surface area (Å²) in [5, 5.41) is 3.07. The second kappa shape index (κ2) is 3.57. The molecule has 0 atom stereocenters. The third-order valence-electron chi connectivity index (χ3n) is 2.06. The van der Waals surface area contributed by atoms with Gasteiger partial charge in [-0.15, -0.1) is 11.6 Å². The van der Waals surface area contributed by atoms with Crippen LogP contribution in [-0.2, 0) is 5.88 Å². The maximum atomic E-state index is 5.94. The first kappa shape index (κ1) is 8.86. The fraction of sp³-hybridized carbons (Fsp3) is 0.0909. The van der Waals surface area contributed by atoms with E-state index in [-0.39, 0.29) is 0 Å². The van der Waals surface area contributed by atoms with Gasteiger partial charge in [-0.2, -0.15) is 0 Å². The summed E-state index contributed by atoms with van der Waals surface area (Å²) in [4.78, 5) is 0. The van der Waals surface area contributed by atoms with Crippen molar-refractivity contribution in [3.63, 3.8) is 0 Å². The van der Waals surface area contributed by atoms with Crippen molar-refractivity contribution >= 4 is 34.0 Å². The molecule has 0 heterocycles. The molecular weight excluding hydrogens is 203 g/mol. The number of benzene rings is 2. The van der Waals surface area contributed by atoms with Crippen LogP contribution < -0.4 is 0 Å². The van der Waals surface area contributed by atoms with Crippen molar-refractivity contribution in [1.82, 2.24) is 0 Å². The quantitative estimate of drug-likeness (QED) is 0.619. The summed E-state index contributed by atoms with van der Waals surface area (Å²) in [6.45, 7) is 0. The molecule has 0 spiro atoms. The Morgan fingerprint density at radius 2 is 1.85 bits per heavy atom. The minimum absolute atomic E-state index is 0.501. The highest BCUT2D eigenvalue weighted by atomic mass is 35.5. The van der Waals surface area contributed by atoms with Crippen molar-refractivity contribution in [3.05, 3.63) is 47.0 Å². The Kier molecular flexibility index (Phi) is 2.43. The van der Waals surface area contributed by atoms with Crippen LogP contribution in [0.2, 0.25) is 5.02 Å². The van der Waals surface area contributed by atoms with E-state index in [2.05, 4.69) is 6.07 Å². The molecule has 2 heteroatoms. The Morgan fingerprint density at radius 1 is 1.08 bits per heavy atom. The number of fused-ring (bicyclic) bond motifs is 1. The van der Waals surface area contributed by atoms with E-state index in [0.717, 1.165) is 16.0 Å². The minimum atomic E-state index is 0.501. The fourth-order valence-corrected chi connectivity index (χ4v) is 1.93. The standard InChI is InChI=1S/C11H8Cl2/c12-7-9-6-10(13)5-8-3-1-2-4-11(8)9/h1-6H,7H2. The van der Waals surface area contributed by atoms with Gasteiger partial charge in [0.25, 0.3) is 0 Å². The van der Waals surface area contributed by atoms with Crippen LogP contribution in [0.1, 0.15) is 5.56 Å². The third-order valence-corrected chi connectivity index (χ3v) is 2.56. The Labute approximate surface area is 87.1 Å². The van der Waals surface area contributed by atoms with E-state index in [1.165, 1.54) is 5.39 Å². The molecular formula is C11H8Cl2. The van der Waals surface area contributed by atoms with E-state index < -0.39 is 0 Å². The first-order chi connectivity index (χ1) is 6.31. The van der Waals surface area contributed by atoms with Gasteiger partial charge in [0.1, 0.15) is 0 Å². The number of hydrogen-bond acceptors (Lipinski definition) is 0. The van der Waals surface area contributed by atoms with E-state index in [9.17, 15) is 0 Å². The summed E-state index contributed by atoms with van der Waals surface area (Å²) < 4.78 is 0. The topological polar surface area (TPSA) is 0 Å². The second-order valence-electron chi connectivity index (χ2n) is 2.92. The van der Waals surface area contributed by atoms with Crippen molar-refractivity contribution in [3.8, 4) is 0 Å². The summed E-state index contributed by atoms with van der Waals surface area (Å²) in [5.74, 6) is 0.501. The number of alkyl halides is 1. The molecule has 0 saturated carbocycles. The molecule has 66 valence electrons. The van der Waals surface area contributed by atoms with Gasteiger partial charge in [-0.3, -0.25) is 0 Å². The van der Waals surface area contributed by atoms with Crippen molar-refractivity contribution < 1.29 is 0 Å². The molecule has 0 aliphatic heterocycles. The highest BCUT2D eigenvalue weighted by Gasteiger charge is 2.00. The fourth-order valence-electron chi connectivity index (χ4n) is 1.46. The second-order valence-corrected chi connectivity index (χ2v) is 3.62. The zero-order valence-corrected chi connectivity index (χ0v) is 8.44. The van der Waals surface area contributed by atoms with Crippen LogP contribution in [0.15, 0.2) is 36.4 Å². The summed E-state index contributed by atoms with van der Waals surface area (Å²) >= 11 is 11.8. The SMILES string of the molecule is ClCc1cc(Cl)cc2ccccc12. The molecule has 0 bridgehead atoms. The molecule has 0 fully saturated rings. The van der Waals surface area contributed by atoms with E-state index in [4.69, 9.17) is 23.2 Å². The zero-order chi connectivity index (χ0) is 9.26. The summed E-state index contributed by atoms with van der Waals surface area (Å²) in [6.07, 6.45) is 0. The van der Waals surface area contributed by atoms with Crippen LogP contribution in [0.25, 0.3) is 10.8 Å². The Bertz CT molecular complexity index is 435. The molecule has 0 saturated heterocycles. The first-order valence-electron chi connectivity index (χ1n) is 4.04. The average Bonchev–Trinajstić information content (AvgIpc) is 2.16. The van der Waals surface area contributed by atoms with E-state index in [1.54, 1.807) is 0 Å². The Hall–Kier alpha value is -0.720. The van der Waals surface area contributed by atoms with Crippen LogP contribution in [0.3, 0.4) is 0 Å². The van der Waals surface area contributed by atoms with Crippen LogP contribution in [0.5, 0.6) is 0 Å². The Morgan fingerprint density at radius 3 is 2.62 bits per heavy atom. The lowest BCUT2D eigenvalue weighted by molar-refractivity contribution is 1.45. The lowest BCUT2D eigenvalue weighted by Crippen LogP contribution is -1.81. The van der Waals surface area contributed by atoms with Gasteiger partial charge < -0.3 is 0 Å². The molecule has 0 amide bonds. The normalized spacial score (nSPS) is 10.6. The van der Waals surface area contributed by atoms with Gasteiger partial charge in [0.15, 0.2) is 0 Å². The third kappa shape index (κ3) is 1.65. The van der Waals surface area contributed by atoms with Crippen LogP contribution in [-0.4, -0.2) is 0 Å². The Balaban J connectivity index is 2.81. The van der Waals surface area contributed by atoms with E-state index in [1.807, 2.05) is 30.3 Å². The molecule has 2 aromatic rings. The molecule has 0 nitrogen and oxygen atoms in total. The molecule has 0 aliphatic carbocycles. The summed E-state index contributed by atoms with van der Waals surface area (Å²) in [7, 11) is 0. The number of hydrogen-bond donors (Lipinski definition) is 0. The number of halogens is 2. The molecule has 0 radical (unpaired) electrons. The van der Waals surface area contributed by atoms with Crippen LogP contribution in [0, 0.1) is 0 Å². The molecule has 0 unspecified atom stereocenters. The summed E-state index contributed by atoms with van der Waals surface area (Å²) in [6, 6.07) is 12.0. The highest BCUT2D eigenvalue weighted by molar-refractivity contribution is 6.31. The smallest absolute Gasteiger partial charge is 0.0480 e. The molecule has 0 N–H and O–H groups in total. The van der Waals surface area contributed by atoms with Crippen molar-refractivity contribution in [2.24, 2.45) is 0 Å². The monoisotopic (exact) mass is 210 g/mol. The minimum Gasteiger partial charge on any atom is -0.122 e. The van der Waals surface area contributed by atoms with E-state index in [0.29, 0.717) is 5.88 Å².